The van der Waals surface area contributed by atoms with E-state index in [0.717, 1.165) is 94.5 Å². The van der Waals surface area contributed by atoms with Gasteiger partial charge in [-0.3, -0.25) is 9.59 Å². The van der Waals surface area contributed by atoms with Gasteiger partial charge in [-0.2, -0.15) is 0 Å². The molecule has 2 amide bonds. The van der Waals surface area contributed by atoms with Crippen LogP contribution in [0.5, 0.6) is 0 Å². The van der Waals surface area contributed by atoms with E-state index in [1.807, 2.05) is 11.1 Å². The zero-order chi connectivity index (χ0) is 42.5. The zero-order valence-electron chi connectivity index (χ0n) is 35.8. The molecule has 2 bridgehead atoms. The van der Waals surface area contributed by atoms with Crippen molar-refractivity contribution in [2.75, 3.05) is 18.4 Å². The first-order chi connectivity index (χ1) is 30.1. The number of nitrogens with one attached hydrogen (secondary N) is 3. The molecule has 1 saturated carbocycles. The summed E-state index contributed by atoms with van der Waals surface area (Å²) >= 11 is 0. The highest BCUT2D eigenvalue weighted by molar-refractivity contribution is 5.92. The maximum absolute atomic E-state index is 14.3. The van der Waals surface area contributed by atoms with Crippen LogP contribution in [0.2, 0.25) is 0 Å². The number of hydrogen-bond donors (Lipinski definition) is 3. The second kappa shape index (κ2) is 16.1. The van der Waals surface area contributed by atoms with E-state index >= 15 is 0 Å². The van der Waals surface area contributed by atoms with E-state index in [1.165, 1.54) is 0 Å². The van der Waals surface area contributed by atoms with Crippen LogP contribution < -0.4 is 5.32 Å². The van der Waals surface area contributed by atoms with Gasteiger partial charge in [-0.15, -0.1) is 0 Å². The highest BCUT2D eigenvalue weighted by Gasteiger charge is 2.56. The van der Waals surface area contributed by atoms with Gasteiger partial charge >= 0.3 is 0 Å². The molecule has 3 N–H and O–H groups in total. The predicted molar refractivity (Wildman–Crippen MR) is 239 cm³/mol. The molecule has 5 atom stereocenters. The van der Waals surface area contributed by atoms with Crippen molar-refractivity contribution in [2.45, 2.75) is 83.8 Å². The lowest BCUT2D eigenvalue weighted by Gasteiger charge is -2.40. The van der Waals surface area contributed by atoms with Crippen LogP contribution in [0.15, 0.2) is 97.7 Å². The molecular formula is C49H53N11O2. The lowest BCUT2D eigenvalue weighted by molar-refractivity contribution is -0.139. The monoisotopic (exact) mass is 827 g/mol. The number of carbonyl (C=O) groups excluding carboxylic acids is 2. The van der Waals surface area contributed by atoms with Crippen molar-refractivity contribution in [1.82, 2.24) is 49.7 Å². The number of nitrogens with zero attached hydrogens (tertiary/aromatic N) is 8. The Balaban J connectivity index is 0.862. The van der Waals surface area contributed by atoms with Crippen LogP contribution in [0.25, 0.3) is 44.2 Å². The molecule has 316 valence electrons. The molecule has 4 aromatic heterocycles. The number of H-pyrrole nitrogens is 2. The molecule has 2 aliphatic heterocycles. The standard InChI is InChI=1S/C49H53N11O2/c1-29(2)37(25-42-50-17-6-18-51-42)45(61)59-21-5-8-41(59)44-55-38-14-13-35(24-39(38)56-44)33-9-10-34-23-36(12-11-32(34)22-33)40-27-54-47(57-40)49-16-15-31(26-49)28-60(49)46(62)43(30(3)4)58-48-52-19-7-20-53-48/h6-7,9-14,17-20,22-24,27,29-31,37,41,43H,5,8,15-16,21,25-26,28H2,1-4H3,(H,54,57)(H,55,56)(H,52,53,58)/t31?,37-,41-,43-,49?/m0/s1. The molecule has 3 aromatic carbocycles. The van der Waals surface area contributed by atoms with E-state index in [-0.39, 0.29) is 35.6 Å². The fraction of sp³-hybridized carbons (Fsp3) is 0.388. The molecule has 62 heavy (non-hydrogen) atoms. The van der Waals surface area contributed by atoms with Crippen LogP contribution in [-0.2, 0) is 21.5 Å². The van der Waals surface area contributed by atoms with Crippen LogP contribution in [-0.4, -0.2) is 80.6 Å². The smallest absolute Gasteiger partial charge is 0.246 e. The van der Waals surface area contributed by atoms with E-state index in [0.29, 0.717) is 30.7 Å². The first-order valence-corrected chi connectivity index (χ1v) is 22.1. The fourth-order valence-corrected chi connectivity index (χ4v) is 10.2. The van der Waals surface area contributed by atoms with Gasteiger partial charge in [-0.1, -0.05) is 58.0 Å². The van der Waals surface area contributed by atoms with Gasteiger partial charge in [0.1, 0.15) is 29.1 Å². The number of aromatic nitrogens is 8. The van der Waals surface area contributed by atoms with E-state index in [4.69, 9.17) is 9.97 Å². The summed E-state index contributed by atoms with van der Waals surface area (Å²) in [4.78, 5) is 67.2. The van der Waals surface area contributed by atoms with Crippen LogP contribution in [0.4, 0.5) is 5.95 Å². The van der Waals surface area contributed by atoms with Gasteiger partial charge in [0.05, 0.1) is 29.0 Å². The van der Waals surface area contributed by atoms with Crippen molar-refractivity contribution in [1.29, 1.82) is 0 Å². The Morgan fingerprint density at radius 3 is 2.26 bits per heavy atom. The van der Waals surface area contributed by atoms with Gasteiger partial charge in [0.25, 0.3) is 0 Å². The van der Waals surface area contributed by atoms with Crippen molar-refractivity contribution < 1.29 is 9.59 Å². The third-order valence-electron chi connectivity index (χ3n) is 13.6. The number of carbonyl (C=O) groups is 2. The molecule has 6 heterocycles. The molecule has 2 saturated heterocycles. The lowest BCUT2D eigenvalue weighted by Crippen LogP contribution is -2.53. The molecule has 1 aliphatic carbocycles. The summed E-state index contributed by atoms with van der Waals surface area (Å²) in [5, 5.41) is 5.58. The van der Waals surface area contributed by atoms with Crippen LogP contribution in [0.1, 0.15) is 83.3 Å². The molecule has 13 nitrogen and oxygen atoms in total. The van der Waals surface area contributed by atoms with Crippen LogP contribution in [0, 0.1) is 23.7 Å². The molecule has 7 aromatic rings. The molecule has 0 radical (unpaired) electrons. The Labute approximate surface area is 361 Å². The van der Waals surface area contributed by atoms with E-state index < -0.39 is 11.6 Å². The first-order valence-electron chi connectivity index (χ1n) is 22.1. The Hall–Kier alpha value is -6.50. The van der Waals surface area contributed by atoms with Gasteiger partial charge in [0.2, 0.25) is 17.8 Å². The van der Waals surface area contributed by atoms with E-state index in [9.17, 15) is 9.59 Å². The number of amides is 2. The van der Waals surface area contributed by atoms with Crippen molar-refractivity contribution in [3.63, 3.8) is 0 Å². The molecular weight excluding hydrogens is 775 g/mol. The number of piperidine rings is 1. The van der Waals surface area contributed by atoms with Gasteiger partial charge in [0, 0.05) is 55.8 Å². The number of fused-ring (bicyclic) bond motifs is 4. The van der Waals surface area contributed by atoms with Crippen molar-refractivity contribution in [2.24, 2.45) is 23.7 Å². The van der Waals surface area contributed by atoms with E-state index in [1.54, 1.807) is 36.9 Å². The summed E-state index contributed by atoms with van der Waals surface area (Å²) in [6, 6.07) is 22.5. The van der Waals surface area contributed by atoms with Crippen molar-refractivity contribution in [3.8, 4) is 22.4 Å². The Kier molecular flexibility index (Phi) is 10.3. The average Bonchev–Trinajstić information content (AvgIpc) is 4.15. The number of rotatable bonds is 12. The fourth-order valence-electron chi connectivity index (χ4n) is 10.2. The summed E-state index contributed by atoms with van der Waals surface area (Å²) in [6.07, 6.45) is 14.0. The number of imidazole rings is 2. The van der Waals surface area contributed by atoms with Crippen LogP contribution >= 0.6 is 0 Å². The summed E-state index contributed by atoms with van der Waals surface area (Å²) in [7, 11) is 0. The SMILES string of the molecule is CC(C)[C@H](Cc1ncccn1)C(=O)N1CCC[C@H]1c1nc2ccc(-c3ccc4cc(-c5cnc(C67CCC(CN6C(=O)[C@@H](Nc6ncccn6)C(C)C)C7)[nH]5)ccc4c3)cc2[nH]1. The summed E-state index contributed by atoms with van der Waals surface area (Å²) in [5.74, 6) is 3.52. The average molecular weight is 828 g/mol. The normalized spacial score (nSPS) is 20.8. The highest BCUT2D eigenvalue weighted by atomic mass is 16.2. The second-order valence-corrected chi connectivity index (χ2v) is 18.2. The van der Waals surface area contributed by atoms with Gasteiger partial charge in [-0.05, 0) is 108 Å². The Bertz CT molecular complexity index is 2750. The molecule has 2 unspecified atom stereocenters. The first kappa shape index (κ1) is 39.6. The molecule has 13 heteroatoms. The second-order valence-electron chi connectivity index (χ2n) is 18.2. The molecule has 10 rings (SSSR count). The van der Waals surface area contributed by atoms with Crippen LogP contribution in [0.3, 0.4) is 0 Å². The van der Waals surface area contributed by atoms with E-state index in [2.05, 4.69) is 122 Å². The molecule has 3 fully saturated rings. The number of hydrogen-bond acceptors (Lipinski definition) is 9. The maximum Gasteiger partial charge on any atom is 0.246 e. The van der Waals surface area contributed by atoms with Crippen molar-refractivity contribution >= 4 is 39.6 Å². The third-order valence-corrected chi connectivity index (χ3v) is 13.6. The highest BCUT2D eigenvalue weighted by Crippen LogP contribution is 2.52. The maximum atomic E-state index is 14.3. The molecule has 0 spiro atoms. The largest absolute Gasteiger partial charge is 0.342 e. The van der Waals surface area contributed by atoms with Gasteiger partial charge in [-0.25, -0.2) is 29.9 Å². The summed E-state index contributed by atoms with van der Waals surface area (Å²) in [6.45, 7) is 9.76. The Morgan fingerprint density at radius 2 is 1.52 bits per heavy atom. The quantitative estimate of drug-likeness (QED) is 0.110. The Morgan fingerprint density at radius 1 is 0.806 bits per heavy atom. The number of anilines is 1. The summed E-state index contributed by atoms with van der Waals surface area (Å²) in [5.41, 5.74) is 5.58. The van der Waals surface area contributed by atoms with Gasteiger partial charge in [0.15, 0.2) is 0 Å². The van der Waals surface area contributed by atoms with Gasteiger partial charge < -0.3 is 25.1 Å². The topological polar surface area (TPSA) is 162 Å². The minimum Gasteiger partial charge on any atom is -0.342 e. The molecule has 3 aliphatic rings. The minimum absolute atomic E-state index is 0.0469. The lowest BCUT2D eigenvalue weighted by atomic mass is 9.90. The predicted octanol–water partition coefficient (Wildman–Crippen LogP) is 8.51. The minimum atomic E-state index is -0.461. The number of benzene rings is 3. The van der Waals surface area contributed by atoms with Crippen molar-refractivity contribution in [3.05, 3.63) is 115 Å². The summed E-state index contributed by atoms with van der Waals surface area (Å²) < 4.78 is 0. The number of likely N-dealkylation sites (tertiary alicyclic amines) is 2. The zero-order valence-corrected chi connectivity index (χ0v) is 35.8. The number of aromatic amines is 2. The third kappa shape index (κ3) is 7.26.